The van der Waals surface area contributed by atoms with E-state index in [0.29, 0.717) is 12.6 Å². The average Bonchev–Trinajstić information content (AvgIpc) is 2.33. The lowest BCUT2D eigenvalue weighted by molar-refractivity contribution is -0.136. The Labute approximate surface area is 85.0 Å². The van der Waals surface area contributed by atoms with E-state index in [1.54, 1.807) is 0 Å². The Kier molecular flexibility index (Phi) is 2.74. The number of amides is 1. The number of carbonyl (C=O) groups excluding carboxylic acids is 1. The molecule has 0 bridgehead atoms. The highest BCUT2D eigenvalue weighted by molar-refractivity contribution is 5.79. The van der Waals surface area contributed by atoms with Gasteiger partial charge >= 0.3 is 0 Å². The van der Waals surface area contributed by atoms with Gasteiger partial charge in [0.2, 0.25) is 5.91 Å². The molecule has 0 aliphatic carbocycles. The minimum Gasteiger partial charge on any atom is -0.341 e. The lowest BCUT2D eigenvalue weighted by Gasteiger charge is -2.33. The predicted molar refractivity (Wildman–Crippen MR) is 54.8 cm³/mol. The number of carbonyl (C=O) groups is 1. The smallest absolute Gasteiger partial charge is 0.236 e. The van der Waals surface area contributed by atoms with Crippen LogP contribution >= 0.6 is 0 Å². The molecule has 14 heavy (non-hydrogen) atoms. The molecule has 2 heterocycles. The normalized spacial score (nSPS) is 33.1. The first-order valence-electron chi connectivity index (χ1n) is 5.46. The molecular formula is C10H19N3O. The van der Waals surface area contributed by atoms with Gasteiger partial charge in [-0.15, -0.1) is 0 Å². The van der Waals surface area contributed by atoms with Gasteiger partial charge in [0.15, 0.2) is 0 Å². The third kappa shape index (κ3) is 1.77. The number of rotatable bonds is 2. The Morgan fingerprint density at radius 2 is 2.14 bits per heavy atom. The van der Waals surface area contributed by atoms with Gasteiger partial charge in [-0.3, -0.25) is 9.69 Å². The van der Waals surface area contributed by atoms with Crippen LogP contribution in [0, 0.1) is 0 Å². The van der Waals surface area contributed by atoms with Gasteiger partial charge in [0, 0.05) is 31.7 Å². The van der Waals surface area contributed by atoms with Gasteiger partial charge in [-0.2, -0.15) is 0 Å². The van der Waals surface area contributed by atoms with E-state index in [0.717, 1.165) is 26.1 Å². The molecule has 2 N–H and O–H groups in total. The second kappa shape index (κ2) is 3.87. The highest BCUT2D eigenvalue weighted by Crippen LogP contribution is 2.16. The number of hydrogen-bond donors (Lipinski definition) is 1. The zero-order valence-corrected chi connectivity index (χ0v) is 8.78. The highest BCUT2D eigenvalue weighted by Gasteiger charge is 2.31. The van der Waals surface area contributed by atoms with Crippen molar-refractivity contribution >= 4 is 5.91 Å². The van der Waals surface area contributed by atoms with Crippen LogP contribution in [0.25, 0.3) is 0 Å². The molecule has 80 valence electrons. The summed E-state index contributed by atoms with van der Waals surface area (Å²) in [5.74, 6) is 0.275. The average molecular weight is 197 g/mol. The molecule has 2 aliphatic rings. The number of hydrogen-bond acceptors (Lipinski definition) is 3. The van der Waals surface area contributed by atoms with Gasteiger partial charge in [-0.05, 0) is 19.8 Å². The van der Waals surface area contributed by atoms with Gasteiger partial charge in [0.1, 0.15) is 0 Å². The van der Waals surface area contributed by atoms with Crippen LogP contribution in [0.3, 0.4) is 0 Å². The SMILES string of the molecule is CC1C(N)CCN1CC(=O)N1CCC1. The van der Waals surface area contributed by atoms with Crippen molar-refractivity contribution in [2.75, 3.05) is 26.2 Å². The van der Waals surface area contributed by atoms with Gasteiger partial charge in [-0.25, -0.2) is 0 Å². The number of nitrogens with two attached hydrogens (primary N) is 1. The molecule has 2 rings (SSSR count). The van der Waals surface area contributed by atoms with E-state index in [2.05, 4.69) is 11.8 Å². The molecule has 2 unspecified atom stereocenters. The van der Waals surface area contributed by atoms with E-state index in [4.69, 9.17) is 5.73 Å². The number of nitrogens with zero attached hydrogens (tertiary/aromatic N) is 2. The van der Waals surface area contributed by atoms with E-state index >= 15 is 0 Å². The quantitative estimate of drug-likeness (QED) is 0.657. The summed E-state index contributed by atoms with van der Waals surface area (Å²) in [5.41, 5.74) is 5.90. The van der Waals surface area contributed by atoms with Crippen molar-refractivity contribution in [2.24, 2.45) is 5.73 Å². The monoisotopic (exact) mass is 197 g/mol. The van der Waals surface area contributed by atoms with Crippen LogP contribution < -0.4 is 5.73 Å². The third-order valence-corrected chi connectivity index (χ3v) is 3.49. The summed E-state index contributed by atoms with van der Waals surface area (Å²) < 4.78 is 0. The molecule has 4 heteroatoms. The fraction of sp³-hybridized carbons (Fsp3) is 0.900. The molecule has 2 saturated heterocycles. The lowest BCUT2D eigenvalue weighted by atomic mass is 10.1. The van der Waals surface area contributed by atoms with Crippen LogP contribution in [0.15, 0.2) is 0 Å². The van der Waals surface area contributed by atoms with Crippen LogP contribution in [-0.2, 0) is 4.79 Å². The summed E-state index contributed by atoms with van der Waals surface area (Å²) in [4.78, 5) is 15.8. The molecule has 0 spiro atoms. The Balaban J connectivity index is 1.82. The standard InChI is InChI=1S/C10H19N3O/c1-8-9(11)3-6-13(8)7-10(14)12-4-2-5-12/h8-9H,2-7,11H2,1H3. The van der Waals surface area contributed by atoms with E-state index in [1.807, 2.05) is 4.90 Å². The summed E-state index contributed by atoms with van der Waals surface area (Å²) in [7, 11) is 0. The minimum absolute atomic E-state index is 0.249. The Morgan fingerprint density at radius 3 is 2.57 bits per heavy atom. The highest BCUT2D eigenvalue weighted by atomic mass is 16.2. The van der Waals surface area contributed by atoms with Crippen molar-refractivity contribution in [1.82, 2.24) is 9.80 Å². The molecule has 2 fully saturated rings. The Hall–Kier alpha value is -0.610. The largest absolute Gasteiger partial charge is 0.341 e. The molecule has 2 aliphatic heterocycles. The van der Waals surface area contributed by atoms with Crippen molar-refractivity contribution in [3.63, 3.8) is 0 Å². The van der Waals surface area contributed by atoms with Crippen LogP contribution in [0.1, 0.15) is 19.8 Å². The molecule has 0 aromatic heterocycles. The van der Waals surface area contributed by atoms with Crippen molar-refractivity contribution in [2.45, 2.75) is 31.8 Å². The van der Waals surface area contributed by atoms with E-state index in [9.17, 15) is 4.79 Å². The maximum Gasteiger partial charge on any atom is 0.236 e. The van der Waals surface area contributed by atoms with Gasteiger partial charge in [0.25, 0.3) is 0 Å². The second-order valence-corrected chi connectivity index (χ2v) is 4.40. The van der Waals surface area contributed by atoms with Crippen molar-refractivity contribution < 1.29 is 4.79 Å². The summed E-state index contributed by atoms with van der Waals surface area (Å²) in [6.45, 7) is 5.55. The van der Waals surface area contributed by atoms with Crippen LogP contribution in [0.5, 0.6) is 0 Å². The van der Waals surface area contributed by atoms with Gasteiger partial charge < -0.3 is 10.6 Å². The van der Waals surface area contributed by atoms with Crippen LogP contribution in [0.2, 0.25) is 0 Å². The molecule has 0 aromatic rings. The summed E-state index contributed by atoms with van der Waals surface area (Å²) >= 11 is 0. The topological polar surface area (TPSA) is 49.6 Å². The summed E-state index contributed by atoms with van der Waals surface area (Å²) in [6.07, 6.45) is 2.19. The number of likely N-dealkylation sites (tertiary alicyclic amines) is 2. The summed E-state index contributed by atoms with van der Waals surface area (Å²) in [6, 6.07) is 0.611. The van der Waals surface area contributed by atoms with Crippen LogP contribution in [0.4, 0.5) is 0 Å². The van der Waals surface area contributed by atoms with Crippen molar-refractivity contribution in [3.8, 4) is 0 Å². The maximum atomic E-state index is 11.7. The van der Waals surface area contributed by atoms with Crippen molar-refractivity contribution in [3.05, 3.63) is 0 Å². The van der Waals surface area contributed by atoms with E-state index < -0.39 is 0 Å². The van der Waals surface area contributed by atoms with E-state index in [-0.39, 0.29) is 11.9 Å². The second-order valence-electron chi connectivity index (χ2n) is 4.40. The fourth-order valence-electron chi connectivity index (χ4n) is 2.09. The maximum absolute atomic E-state index is 11.7. The fourth-order valence-corrected chi connectivity index (χ4v) is 2.09. The lowest BCUT2D eigenvalue weighted by Crippen LogP contribution is -2.48. The first-order valence-corrected chi connectivity index (χ1v) is 5.46. The van der Waals surface area contributed by atoms with Crippen LogP contribution in [-0.4, -0.2) is 54.0 Å². The first-order chi connectivity index (χ1) is 6.68. The molecule has 1 amide bonds. The zero-order chi connectivity index (χ0) is 10.1. The zero-order valence-electron chi connectivity index (χ0n) is 8.78. The third-order valence-electron chi connectivity index (χ3n) is 3.49. The van der Waals surface area contributed by atoms with Gasteiger partial charge in [0.05, 0.1) is 6.54 Å². The molecule has 4 nitrogen and oxygen atoms in total. The van der Waals surface area contributed by atoms with Crippen molar-refractivity contribution in [1.29, 1.82) is 0 Å². The minimum atomic E-state index is 0.249. The molecular weight excluding hydrogens is 178 g/mol. The molecule has 0 aromatic carbocycles. The van der Waals surface area contributed by atoms with E-state index in [1.165, 1.54) is 6.42 Å². The van der Waals surface area contributed by atoms with Gasteiger partial charge in [-0.1, -0.05) is 0 Å². The first kappa shape index (κ1) is 9.93. The summed E-state index contributed by atoms with van der Waals surface area (Å²) in [5, 5.41) is 0. The molecule has 2 atom stereocenters. The predicted octanol–water partition coefficient (Wildman–Crippen LogP) is -0.360. The molecule has 0 saturated carbocycles. The Bertz CT molecular complexity index is 227. The Morgan fingerprint density at radius 1 is 1.43 bits per heavy atom. The molecule has 0 radical (unpaired) electrons.